The molecule has 2 rings (SSSR count). The molecule has 19 heavy (non-hydrogen) atoms. The van der Waals surface area contributed by atoms with Crippen LogP contribution in [-0.4, -0.2) is 6.54 Å². The zero-order valence-corrected chi connectivity index (χ0v) is 14.0. The molecule has 108 valence electrons. The molecule has 1 nitrogen and oxygen atoms in total. The predicted molar refractivity (Wildman–Crippen MR) is 86.5 cm³/mol. The Morgan fingerprint density at radius 1 is 1.26 bits per heavy atom. The summed E-state index contributed by atoms with van der Waals surface area (Å²) in [6.45, 7) is 5.44. The minimum absolute atomic E-state index is 0.374. The topological polar surface area (TPSA) is 12.0 Å². The lowest BCUT2D eigenvalue weighted by Gasteiger charge is -2.34. The maximum Gasteiger partial charge on any atom is 0.0992 e. The van der Waals surface area contributed by atoms with Crippen molar-refractivity contribution in [3.05, 3.63) is 20.3 Å². The highest BCUT2D eigenvalue weighted by Crippen LogP contribution is 2.43. The van der Waals surface area contributed by atoms with E-state index >= 15 is 0 Å². The van der Waals surface area contributed by atoms with Crippen LogP contribution in [0.25, 0.3) is 0 Å². The highest BCUT2D eigenvalue weighted by molar-refractivity contribution is 7.20. The zero-order valence-electron chi connectivity index (χ0n) is 11.7. The van der Waals surface area contributed by atoms with Gasteiger partial charge in [-0.15, -0.1) is 11.3 Å². The quantitative estimate of drug-likeness (QED) is 0.710. The molecular formula is C15H23Cl2NS. The number of nitrogens with one attached hydrogen (secondary N) is 1. The maximum atomic E-state index is 6.34. The Morgan fingerprint density at radius 3 is 2.42 bits per heavy atom. The molecule has 0 saturated heterocycles. The number of halogens is 2. The lowest BCUT2D eigenvalue weighted by molar-refractivity contribution is 0.220. The van der Waals surface area contributed by atoms with Crippen molar-refractivity contribution in [3.63, 3.8) is 0 Å². The van der Waals surface area contributed by atoms with Gasteiger partial charge in [0.1, 0.15) is 0 Å². The van der Waals surface area contributed by atoms with Crippen LogP contribution in [0.15, 0.2) is 6.07 Å². The Balaban J connectivity index is 2.10. The van der Waals surface area contributed by atoms with Crippen LogP contribution in [0.5, 0.6) is 0 Å². The fourth-order valence-electron chi connectivity index (χ4n) is 3.25. The van der Waals surface area contributed by atoms with E-state index < -0.39 is 0 Å². The third-order valence-corrected chi connectivity index (χ3v) is 5.90. The van der Waals surface area contributed by atoms with E-state index in [1.165, 1.54) is 49.0 Å². The van der Waals surface area contributed by atoms with Crippen LogP contribution in [0, 0.1) is 11.8 Å². The summed E-state index contributed by atoms with van der Waals surface area (Å²) in [6.07, 6.45) is 6.65. The zero-order chi connectivity index (χ0) is 13.8. The highest BCUT2D eigenvalue weighted by atomic mass is 35.5. The summed E-state index contributed by atoms with van der Waals surface area (Å²) >= 11 is 13.9. The molecule has 1 aliphatic rings. The van der Waals surface area contributed by atoms with Crippen molar-refractivity contribution in [2.45, 2.75) is 52.0 Å². The summed E-state index contributed by atoms with van der Waals surface area (Å²) in [6, 6.07) is 2.42. The van der Waals surface area contributed by atoms with Gasteiger partial charge in [0, 0.05) is 11.6 Å². The van der Waals surface area contributed by atoms with Crippen molar-refractivity contribution in [2.24, 2.45) is 11.8 Å². The lowest BCUT2D eigenvalue weighted by atomic mass is 9.76. The third kappa shape index (κ3) is 3.87. The Morgan fingerprint density at radius 2 is 1.95 bits per heavy atom. The van der Waals surface area contributed by atoms with Crippen molar-refractivity contribution in [2.75, 3.05) is 6.54 Å². The van der Waals surface area contributed by atoms with Crippen molar-refractivity contribution < 1.29 is 0 Å². The number of thiophene rings is 1. The standard InChI is InChI=1S/C15H23Cl2NS/c1-3-10-5-7-11(8-6-10)14(18-4-2)12-9-13(16)19-15(12)17/h9-11,14,18H,3-8H2,1-2H3. The minimum Gasteiger partial charge on any atom is -0.310 e. The van der Waals surface area contributed by atoms with Gasteiger partial charge in [-0.3, -0.25) is 0 Å². The highest BCUT2D eigenvalue weighted by Gasteiger charge is 2.29. The third-order valence-electron chi connectivity index (χ3n) is 4.38. The van der Waals surface area contributed by atoms with E-state index in [4.69, 9.17) is 23.2 Å². The minimum atomic E-state index is 0.374. The second kappa shape index (κ2) is 7.31. The van der Waals surface area contributed by atoms with Crippen LogP contribution in [-0.2, 0) is 0 Å². The largest absolute Gasteiger partial charge is 0.310 e. The van der Waals surface area contributed by atoms with Gasteiger partial charge in [-0.2, -0.15) is 0 Å². The molecule has 0 bridgehead atoms. The van der Waals surface area contributed by atoms with Crippen LogP contribution in [0.3, 0.4) is 0 Å². The molecule has 0 aromatic carbocycles. The number of hydrogen-bond acceptors (Lipinski definition) is 2. The fourth-order valence-corrected chi connectivity index (χ4v) is 4.80. The van der Waals surface area contributed by atoms with Gasteiger partial charge in [-0.05, 0) is 37.3 Å². The Labute approximate surface area is 130 Å². The molecule has 1 N–H and O–H groups in total. The van der Waals surface area contributed by atoms with Gasteiger partial charge in [0.15, 0.2) is 0 Å². The Kier molecular flexibility index (Phi) is 6.01. The molecule has 1 fully saturated rings. The molecule has 0 aliphatic heterocycles. The van der Waals surface area contributed by atoms with Crippen molar-refractivity contribution in [1.29, 1.82) is 0 Å². The SMILES string of the molecule is CCNC(c1cc(Cl)sc1Cl)C1CCC(CC)CC1. The molecular weight excluding hydrogens is 297 g/mol. The summed E-state index contributed by atoms with van der Waals surface area (Å²) in [7, 11) is 0. The van der Waals surface area contributed by atoms with Crippen molar-refractivity contribution in [1.82, 2.24) is 5.32 Å². The molecule has 1 unspecified atom stereocenters. The molecule has 0 amide bonds. The predicted octanol–water partition coefficient (Wildman–Crippen LogP) is 5.92. The normalized spacial score (nSPS) is 25.5. The van der Waals surface area contributed by atoms with Crippen molar-refractivity contribution >= 4 is 34.5 Å². The Bertz CT molecular complexity index is 397. The van der Waals surface area contributed by atoms with E-state index in [0.717, 1.165) is 21.1 Å². The molecule has 1 saturated carbocycles. The second-order valence-corrected chi connectivity index (χ2v) is 7.79. The summed E-state index contributed by atoms with van der Waals surface area (Å²) in [4.78, 5) is 0. The van der Waals surface area contributed by atoms with Crippen molar-refractivity contribution in [3.8, 4) is 0 Å². The van der Waals surface area contributed by atoms with E-state index in [1.807, 2.05) is 6.07 Å². The smallest absolute Gasteiger partial charge is 0.0992 e. The molecule has 1 aromatic heterocycles. The van der Waals surface area contributed by atoms with E-state index in [0.29, 0.717) is 12.0 Å². The van der Waals surface area contributed by atoms with E-state index in [1.54, 1.807) is 0 Å². The molecule has 0 spiro atoms. The first-order valence-electron chi connectivity index (χ1n) is 7.33. The molecule has 1 heterocycles. The molecule has 1 aliphatic carbocycles. The van der Waals surface area contributed by atoms with E-state index in [-0.39, 0.29) is 0 Å². The monoisotopic (exact) mass is 319 g/mol. The summed E-state index contributed by atoms with van der Waals surface area (Å²) in [5.74, 6) is 1.63. The lowest BCUT2D eigenvalue weighted by Crippen LogP contribution is -2.30. The van der Waals surface area contributed by atoms with Crippen LogP contribution in [0.4, 0.5) is 0 Å². The first-order chi connectivity index (χ1) is 9.15. The summed E-state index contributed by atoms with van der Waals surface area (Å²) in [5.41, 5.74) is 1.21. The van der Waals surface area contributed by atoms with Crippen LogP contribution < -0.4 is 5.32 Å². The average molecular weight is 320 g/mol. The van der Waals surface area contributed by atoms with E-state index in [9.17, 15) is 0 Å². The molecule has 1 atom stereocenters. The van der Waals surface area contributed by atoms with Gasteiger partial charge in [-0.1, -0.05) is 56.3 Å². The van der Waals surface area contributed by atoms with Gasteiger partial charge in [0.05, 0.1) is 8.67 Å². The molecule has 0 radical (unpaired) electrons. The summed E-state index contributed by atoms with van der Waals surface area (Å²) < 4.78 is 1.65. The van der Waals surface area contributed by atoms with E-state index in [2.05, 4.69) is 19.2 Å². The molecule has 1 aromatic rings. The van der Waals surface area contributed by atoms with Gasteiger partial charge < -0.3 is 5.32 Å². The van der Waals surface area contributed by atoms with Gasteiger partial charge in [0.2, 0.25) is 0 Å². The number of rotatable bonds is 5. The van der Waals surface area contributed by atoms with Gasteiger partial charge in [0.25, 0.3) is 0 Å². The van der Waals surface area contributed by atoms with Crippen LogP contribution in [0.1, 0.15) is 57.6 Å². The van der Waals surface area contributed by atoms with Gasteiger partial charge >= 0.3 is 0 Å². The fraction of sp³-hybridized carbons (Fsp3) is 0.733. The number of hydrogen-bond donors (Lipinski definition) is 1. The first-order valence-corrected chi connectivity index (χ1v) is 8.91. The Hall–Kier alpha value is 0.240. The molecule has 4 heteroatoms. The first kappa shape index (κ1) is 15.6. The second-order valence-electron chi connectivity index (χ2n) is 5.50. The van der Waals surface area contributed by atoms with Gasteiger partial charge in [-0.25, -0.2) is 0 Å². The average Bonchev–Trinajstić information content (AvgIpc) is 2.75. The summed E-state index contributed by atoms with van der Waals surface area (Å²) in [5, 5.41) is 3.62. The van der Waals surface area contributed by atoms with Crippen LogP contribution in [0.2, 0.25) is 8.67 Å². The maximum absolute atomic E-state index is 6.34. The van der Waals surface area contributed by atoms with Crippen LogP contribution >= 0.6 is 34.5 Å².